The smallest absolute Gasteiger partial charge is 0.244 e. The highest BCUT2D eigenvalue weighted by atomic mass is 16.2. The third-order valence-electron chi connectivity index (χ3n) is 3.34. The SMILES string of the molecule is CC(C)NC(N)=NCC(=O)N(C)C1CCCCC1. The molecule has 0 aromatic carbocycles. The van der Waals surface area contributed by atoms with E-state index in [4.69, 9.17) is 5.73 Å². The second kappa shape index (κ2) is 7.24. The largest absolute Gasteiger partial charge is 0.370 e. The summed E-state index contributed by atoms with van der Waals surface area (Å²) in [6.07, 6.45) is 5.98. The predicted molar refractivity (Wildman–Crippen MR) is 74.4 cm³/mol. The van der Waals surface area contributed by atoms with Gasteiger partial charge in [-0.25, -0.2) is 4.99 Å². The van der Waals surface area contributed by atoms with Crippen molar-refractivity contribution in [1.29, 1.82) is 0 Å². The van der Waals surface area contributed by atoms with E-state index in [0.29, 0.717) is 12.0 Å². The Morgan fingerprint density at radius 3 is 2.56 bits per heavy atom. The molecule has 1 rings (SSSR count). The van der Waals surface area contributed by atoms with Crippen LogP contribution in [0.4, 0.5) is 0 Å². The summed E-state index contributed by atoms with van der Waals surface area (Å²) in [5.41, 5.74) is 5.67. The monoisotopic (exact) mass is 254 g/mol. The van der Waals surface area contributed by atoms with Crippen LogP contribution < -0.4 is 11.1 Å². The third kappa shape index (κ3) is 4.94. The van der Waals surface area contributed by atoms with E-state index < -0.39 is 0 Å². The lowest BCUT2D eigenvalue weighted by Gasteiger charge is -2.30. The number of hydrogen-bond acceptors (Lipinski definition) is 2. The van der Waals surface area contributed by atoms with E-state index >= 15 is 0 Å². The van der Waals surface area contributed by atoms with E-state index in [1.54, 1.807) is 0 Å². The molecule has 0 atom stereocenters. The Bertz CT molecular complexity index is 295. The van der Waals surface area contributed by atoms with Crippen LogP contribution in [0.3, 0.4) is 0 Å². The first-order valence-corrected chi connectivity index (χ1v) is 6.83. The van der Waals surface area contributed by atoms with Crippen LogP contribution in [-0.4, -0.2) is 42.4 Å². The van der Waals surface area contributed by atoms with E-state index in [1.165, 1.54) is 19.3 Å². The van der Waals surface area contributed by atoms with Crippen molar-refractivity contribution in [2.24, 2.45) is 10.7 Å². The minimum absolute atomic E-state index is 0.0513. The standard InChI is InChI=1S/C13H26N4O/c1-10(2)16-13(14)15-9-12(18)17(3)11-7-5-4-6-8-11/h10-11H,4-9H2,1-3H3,(H3,14,15,16). The van der Waals surface area contributed by atoms with Crippen molar-refractivity contribution >= 4 is 11.9 Å². The number of aliphatic imine (C=N–C) groups is 1. The Kier molecular flexibility index (Phi) is 5.95. The summed E-state index contributed by atoms with van der Waals surface area (Å²) in [6.45, 7) is 4.11. The summed E-state index contributed by atoms with van der Waals surface area (Å²) in [4.78, 5) is 17.9. The maximum Gasteiger partial charge on any atom is 0.244 e. The first-order chi connectivity index (χ1) is 8.50. The zero-order valence-corrected chi connectivity index (χ0v) is 11.8. The summed E-state index contributed by atoms with van der Waals surface area (Å²) in [5, 5.41) is 2.97. The molecule has 104 valence electrons. The molecular weight excluding hydrogens is 228 g/mol. The van der Waals surface area contributed by atoms with Gasteiger partial charge in [0, 0.05) is 19.1 Å². The fraction of sp³-hybridized carbons (Fsp3) is 0.846. The second-order valence-corrected chi connectivity index (χ2v) is 5.30. The minimum Gasteiger partial charge on any atom is -0.370 e. The molecule has 5 nitrogen and oxygen atoms in total. The number of likely N-dealkylation sites (N-methyl/N-ethyl adjacent to an activating group) is 1. The zero-order chi connectivity index (χ0) is 13.5. The van der Waals surface area contributed by atoms with Crippen LogP contribution in [0.1, 0.15) is 46.0 Å². The van der Waals surface area contributed by atoms with Crippen molar-refractivity contribution in [1.82, 2.24) is 10.2 Å². The number of nitrogens with two attached hydrogens (primary N) is 1. The number of nitrogens with zero attached hydrogens (tertiary/aromatic N) is 2. The van der Waals surface area contributed by atoms with E-state index in [0.717, 1.165) is 12.8 Å². The Balaban J connectivity index is 2.39. The van der Waals surface area contributed by atoms with Crippen molar-refractivity contribution in [3.63, 3.8) is 0 Å². The summed E-state index contributed by atoms with van der Waals surface area (Å²) < 4.78 is 0. The number of guanidine groups is 1. The molecule has 1 aliphatic carbocycles. The lowest BCUT2D eigenvalue weighted by molar-refractivity contribution is -0.130. The number of carbonyl (C=O) groups excluding carboxylic acids is 1. The first-order valence-electron chi connectivity index (χ1n) is 6.83. The molecule has 1 amide bonds. The summed E-state index contributed by atoms with van der Waals surface area (Å²) in [6, 6.07) is 0.626. The van der Waals surface area contributed by atoms with Crippen LogP contribution >= 0.6 is 0 Å². The molecule has 1 saturated carbocycles. The molecule has 0 saturated heterocycles. The molecule has 1 aliphatic rings. The van der Waals surface area contributed by atoms with Crippen LogP contribution in [0.15, 0.2) is 4.99 Å². The second-order valence-electron chi connectivity index (χ2n) is 5.30. The predicted octanol–water partition coefficient (Wildman–Crippen LogP) is 1.09. The fourth-order valence-corrected chi connectivity index (χ4v) is 2.28. The average Bonchev–Trinajstić information content (AvgIpc) is 2.35. The van der Waals surface area contributed by atoms with Gasteiger partial charge in [0.15, 0.2) is 5.96 Å². The van der Waals surface area contributed by atoms with Crippen LogP contribution in [0, 0.1) is 0 Å². The molecule has 18 heavy (non-hydrogen) atoms. The van der Waals surface area contributed by atoms with Crippen LogP contribution in [-0.2, 0) is 4.79 Å². The molecule has 1 fully saturated rings. The Hall–Kier alpha value is -1.26. The molecule has 0 heterocycles. The zero-order valence-electron chi connectivity index (χ0n) is 11.8. The number of rotatable bonds is 4. The number of carbonyl (C=O) groups is 1. The number of nitrogens with one attached hydrogen (secondary N) is 1. The number of amides is 1. The summed E-state index contributed by atoms with van der Waals surface area (Å²) in [5.74, 6) is 0.394. The fourth-order valence-electron chi connectivity index (χ4n) is 2.28. The van der Waals surface area contributed by atoms with Gasteiger partial charge in [0.1, 0.15) is 6.54 Å². The molecule has 0 aliphatic heterocycles. The van der Waals surface area contributed by atoms with Gasteiger partial charge in [0.25, 0.3) is 0 Å². The molecule has 0 spiro atoms. The molecule has 0 radical (unpaired) electrons. The van der Waals surface area contributed by atoms with Crippen molar-refractivity contribution < 1.29 is 4.79 Å². The van der Waals surface area contributed by atoms with E-state index in [2.05, 4.69) is 10.3 Å². The molecule has 0 aromatic heterocycles. The van der Waals surface area contributed by atoms with E-state index in [9.17, 15) is 4.79 Å². The van der Waals surface area contributed by atoms with E-state index in [-0.39, 0.29) is 18.5 Å². The van der Waals surface area contributed by atoms with Gasteiger partial charge in [-0.2, -0.15) is 0 Å². The van der Waals surface area contributed by atoms with Crippen LogP contribution in [0.5, 0.6) is 0 Å². The Labute approximate surface area is 110 Å². The lowest BCUT2D eigenvalue weighted by atomic mass is 9.94. The van der Waals surface area contributed by atoms with Gasteiger partial charge in [-0.05, 0) is 26.7 Å². The van der Waals surface area contributed by atoms with Crippen molar-refractivity contribution in [3.05, 3.63) is 0 Å². The minimum atomic E-state index is 0.0513. The van der Waals surface area contributed by atoms with Gasteiger partial charge in [-0.3, -0.25) is 4.79 Å². The normalized spacial score (nSPS) is 17.9. The van der Waals surface area contributed by atoms with Crippen LogP contribution in [0.25, 0.3) is 0 Å². The first kappa shape index (κ1) is 14.8. The summed E-state index contributed by atoms with van der Waals surface area (Å²) >= 11 is 0. The van der Waals surface area contributed by atoms with Gasteiger partial charge in [-0.1, -0.05) is 19.3 Å². The van der Waals surface area contributed by atoms with E-state index in [1.807, 2.05) is 25.8 Å². The Morgan fingerprint density at radius 1 is 1.39 bits per heavy atom. The molecular formula is C13H26N4O. The van der Waals surface area contributed by atoms with Gasteiger partial charge in [-0.15, -0.1) is 0 Å². The van der Waals surface area contributed by atoms with Crippen molar-refractivity contribution in [3.8, 4) is 0 Å². The Morgan fingerprint density at radius 2 is 2.00 bits per heavy atom. The quantitative estimate of drug-likeness (QED) is 0.583. The highest BCUT2D eigenvalue weighted by Gasteiger charge is 2.21. The van der Waals surface area contributed by atoms with Gasteiger partial charge < -0.3 is 16.0 Å². The topological polar surface area (TPSA) is 70.7 Å². The maximum absolute atomic E-state index is 12.0. The molecule has 3 N–H and O–H groups in total. The van der Waals surface area contributed by atoms with Gasteiger partial charge in [0.2, 0.25) is 5.91 Å². The molecule has 5 heteroatoms. The van der Waals surface area contributed by atoms with Crippen molar-refractivity contribution in [2.45, 2.75) is 58.0 Å². The van der Waals surface area contributed by atoms with Gasteiger partial charge >= 0.3 is 0 Å². The van der Waals surface area contributed by atoms with Gasteiger partial charge in [0.05, 0.1) is 0 Å². The molecule has 0 bridgehead atoms. The maximum atomic E-state index is 12.0. The molecule has 0 unspecified atom stereocenters. The molecule has 0 aromatic rings. The average molecular weight is 254 g/mol. The lowest BCUT2D eigenvalue weighted by Crippen LogP contribution is -2.41. The highest BCUT2D eigenvalue weighted by Crippen LogP contribution is 2.21. The van der Waals surface area contributed by atoms with Crippen molar-refractivity contribution in [2.75, 3.05) is 13.6 Å². The van der Waals surface area contributed by atoms with Crippen LogP contribution in [0.2, 0.25) is 0 Å². The number of hydrogen-bond donors (Lipinski definition) is 2. The summed E-state index contributed by atoms with van der Waals surface area (Å²) in [7, 11) is 1.87. The highest BCUT2D eigenvalue weighted by molar-refractivity contribution is 5.84. The third-order valence-corrected chi connectivity index (χ3v) is 3.34.